The minimum Gasteiger partial charge on any atom is -0.398 e. The Morgan fingerprint density at radius 1 is 1.33 bits per heavy atom. The van der Waals surface area contributed by atoms with E-state index in [1.54, 1.807) is 18.2 Å². The summed E-state index contributed by atoms with van der Waals surface area (Å²) >= 11 is 5.79. The highest BCUT2D eigenvalue weighted by Crippen LogP contribution is 2.23. The highest BCUT2D eigenvalue weighted by atomic mass is 35.5. The van der Waals surface area contributed by atoms with Gasteiger partial charge in [-0.3, -0.25) is 4.79 Å². The quantitative estimate of drug-likeness (QED) is 0.633. The van der Waals surface area contributed by atoms with Gasteiger partial charge in [0.1, 0.15) is 0 Å². The zero-order valence-electron chi connectivity index (χ0n) is 9.25. The Labute approximate surface area is 95.4 Å². The Balaban J connectivity index is 2.97. The number of carbonyl (C=O) groups is 1. The molecule has 1 atom stereocenters. The highest BCUT2D eigenvalue weighted by molar-refractivity contribution is 6.33. The first kappa shape index (κ1) is 12.1. The first-order valence-corrected chi connectivity index (χ1v) is 5.40. The Morgan fingerprint density at radius 2 is 1.93 bits per heavy atom. The van der Waals surface area contributed by atoms with Crippen molar-refractivity contribution in [3.63, 3.8) is 0 Å². The molecule has 1 unspecified atom stereocenters. The summed E-state index contributed by atoms with van der Waals surface area (Å²) in [6.45, 7) is 5.99. The molecule has 0 aliphatic carbocycles. The second-order valence-corrected chi connectivity index (χ2v) is 4.54. The molecule has 0 heterocycles. The van der Waals surface area contributed by atoms with Crippen molar-refractivity contribution in [1.29, 1.82) is 0 Å². The van der Waals surface area contributed by atoms with Crippen LogP contribution in [0.2, 0.25) is 5.02 Å². The lowest BCUT2D eigenvalue weighted by molar-refractivity contribution is 0.0900. The predicted molar refractivity (Wildman–Crippen MR) is 64.2 cm³/mol. The van der Waals surface area contributed by atoms with Gasteiger partial charge < -0.3 is 5.73 Å². The molecule has 0 saturated heterocycles. The fourth-order valence-electron chi connectivity index (χ4n) is 1.26. The topological polar surface area (TPSA) is 43.1 Å². The third-order valence-electron chi connectivity index (χ3n) is 2.69. The summed E-state index contributed by atoms with van der Waals surface area (Å²) in [7, 11) is 0. The fraction of sp³-hybridized carbons (Fsp3) is 0.417. The average Bonchev–Trinajstić information content (AvgIpc) is 2.19. The molecule has 3 heteroatoms. The van der Waals surface area contributed by atoms with Crippen LogP contribution in [0.3, 0.4) is 0 Å². The van der Waals surface area contributed by atoms with E-state index >= 15 is 0 Å². The monoisotopic (exact) mass is 225 g/mol. The van der Waals surface area contributed by atoms with Crippen molar-refractivity contribution in [3.8, 4) is 0 Å². The average molecular weight is 226 g/mol. The third kappa shape index (κ3) is 2.72. The summed E-state index contributed by atoms with van der Waals surface area (Å²) in [5, 5.41) is 0.490. The van der Waals surface area contributed by atoms with Gasteiger partial charge in [0.2, 0.25) is 0 Å². The maximum absolute atomic E-state index is 12.0. The number of nitrogens with two attached hydrogens (primary N) is 1. The maximum Gasteiger partial charge on any atom is 0.165 e. The molecular formula is C12H16ClNO. The second kappa shape index (κ2) is 4.67. The van der Waals surface area contributed by atoms with E-state index in [0.29, 0.717) is 22.2 Å². The van der Waals surface area contributed by atoms with Crippen LogP contribution < -0.4 is 5.73 Å². The van der Waals surface area contributed by atoms with Gasteiger partial charge in [0.25, 0.3) is 0 Å². The molecule has 2 N–H and O–H groups in total. The van der Waals surface area contributed by atoms with E-state index in [1.807, 2.05) is 20.8 Å². The Morgan fingerprint density at radius 3 is 2.40 bits per heavy atom. The van der Waals surface area contributed by atoms with Crippen molar-refractivity contribution < 1.29 is 4.79 Å². The van der Waals surface area contributed by atoms with Crippen molar-refractivity contribution in [2.45, 2.75) is 20.8 Å². The number of benzene rings is 1. The molecule has 0 aliphatic rings. The number of carbonyl (C=O) groups excluding carboxylic acids is 1. The molecule has 1 aromatic carbocycles. The Bertz CT molecular complexity index is 374. The lowest BCUT2D eigenvalue weighted by atomic mass is 9.90. The van der Waals surface area contributed by atoms with Crippen LogP contribution in [-0.2, 0) is 0 Å². The van der Waals surface area contributed by atoms with Crippen molar-refractivity contribution in [1.82, 2.24) is 0 Å². The Kier molecular flexibility index (Phi) is 3.75. The number of rotatable bonds is 3. The van der Waals surface area contributed by atoms with Crippen LogP contribution in [0, 0.1) is 11.8 Å². The normalized spacial score (nSPS) is 12.9. The molecule has 82 valence electrons. The van der Waals surface area contributed by atoms with Crippen LogP contribution in [0.5, 0.6) is 0 Å². The van der Waals surface area contributed by atoms with E-state index in [4.69, 9.17) is 17.3 Å². The third-order valence-corrected chi connectivity index (χ3v) is 3.04. The number of ketones is 1. The molecular weight excluding hydrogens is 210 g/mol. The summed E-state index contributed by atoms with van der Waals surface area (Å²) in [5.74, 6) is 0.452. The molecule has 0 bridgehead atoms. The van der Waals surface area contributed by atoms with Gasteiger partial charge in [0.15, 0.2) is 5.78 Å². The molecule has 0 spiro atoms. The molecule has 0 fully saturated rings. The van der Waals surface area contributed by atoms with Crippen molar-refractivity contribution in [2.75, 3.05) is 5.73 Å². The van der Waals surface area contributed by atoms with Crippen LogP contribution in [0.25, 0.3) is 0 Å². The van der Waals surface area contributed by atoms with Gasteiger partial charge in [-0.25, -0.2) is 0 Å². The van der Waals surface area contributed by atoms with Gasteiger partial charge in [-0.05, 0) is 24.1 Å². The van der Waals surface area contributed by atoms with Crippen LogP contribution in [0.1, 0.15) is 31.1 Å². The zero-order valence-corrected chi connectivity index (χ0v) is 10.0. The number of Topliss-reactive ketones (excluding diaryl/α,β-unsaturated/α-hetero) is 1. The molecule has 1 rings (SSSR count). The van der Waals surface area contributed by atoms with E-state index in [9.17, 15) is 4.79 Å². The van der Waals surface area contributed by atoms with Crippen LogP contribution in [0.15, 0.2) is 18.2 Å². The van der Waals surface area contributed by atoms with Crippen LogP contribution >= 0.6 is 11.6 Å². The van der Waals surface area contributed by atoms with Gasteiger partial charge >= 0.3 is 0 Å². The molecule has 0 aromatic heterocycles. The van der Waals surface area contributed by atoms with Crippen molar-refractivity contribution >= 4 is 23.1 Å². The van der Waals surface area contributed by atoms with Crippen LogP contribution in [0.4, 0.5) is 5.69 Å². The zero-order chi connectivity index (χ0) is 11.6. The molecule has 2 nitrogen and oxygen atoms in total. The summed E-state index contributed by atoms with van der Waals surface area (Å²) < 4.78 is 0. The summed E-state index contributed by atoms with van der Waals surface area (Å²) in [4.78, 5) is 12.0. The van der Waals surface area contributed by atoms with E-state index in [0.717, 1.165) is 0 Å². The largest absolute Gasteiger partial charge is 0.398 e. The van der Waals surface area contributed by atoms with E-state index in [2.05, 4.69) is 0 Å². The summed E-state index contributed by atoms with van der Waals surface area (Å²) in [6, 6.07) is 5.03. The van der Waals surface area contributed by atoms with Gasteiger partial charge in [0, 0.05) is 11.5 Å². The van der Waals surface area contributed by atoms with E-state index < -0.39 is 0 Å². The number of nitrogen functional groups attached to an aromatic ring is 1. The fourth-order valence-corrected chi connectivity index (χ4v) is 1.38. The molecule has 0 amide bonds. The summed E-state index contributed by atoms with van der Waals surface area (Å²) in [6.07, 6.45) is 0. The summed E-state index contributed by atoms with van der Waals surface area (Å²) in [5.41, 5.74) is 6.74. The molecule has 0 saturated carbocycles. The highest BCUT2D eigenvalue weighted by Gasteiger charge is 2.18. The second-order valence-electron chi connectivity index (χ2n) is 4.13. The number of hydrogen-bond donors (Lipinski definition) is 1. The predicted octanol–water partition coefficient (Wildman–Crippen LogP) is 3.40. The minimum atomic E-state index is 0.00516. The maximum atomic E-state index is 12.0. The molecule has 15 heavy (non-hydrogen) atoms. The number of hydrogen-bond acceptors (Lipinski definition) is 2. The SMILES string of the molecule is CC(C)C(C)C(=O)c1ccc(Cl)c(N)c1. The first-order chi connectivity index (χ1) is 6.93. The smallest absolute Gasteiger partial charge is 0.165 e. The first-order valence-electron chi connectivity index (χ1n) is 5.02. The lowest BCUT2D eigenvalue weighted by Crippen LogP contribution is -2.17. The van der Waals surface area contributed by atoms with Gasteiger partial charge in [0.05, 0.1) is 10.7 Å². The van der Waals surface area contributed by atoms with Gasteiger partial charge in [-0.1, -0.05) is 32.4 Å². The van der Waals surface area contributed by atoms with E-state index in [-0.39, 0.29) is 11.7 Å². The van der Waals surface area contributed by atoms with Gasteiger partial charge in [-0.2, -0.15) is 0 Å². The van der Waals surface area contributed by atoms with Gasteiger partial charge in [-0.15, -0.1) is 0 Å². The van der Waals surface area contributed by atoms with Crippen LogP contribution in [-0.4, -0.2) is 5.78 Å². The lowest BCUT2D eigenvalue weighted by Gasteiger charge is -2.14. The molecule has 0 radical (unpaired) electrons. The standard InChI is InChI=1S/C12H16ClNO/c1-7(2)8(3)12(15)9-4-5-10(13)11(14)6-9/h4-8H,14H2,1-3H3. The minimum absolute atomic E-state index is 0.00516. The Hall–Kier alpha value is -1.02. The number of halogens is 1. The number of anilines is 1. The van der Waals surface area contributed by atoms with Crippen molar-refractivity contribution in [3.05, 3.63) is 28.8 Å². The molecule has 1 aromatic rings. The van der Waals surface area contributed by atoms with Crippen molar-refractivity contribution in [2.24, 2.45) is 11.8 Å². The van der Waals surface area contributed by atoms with E-state index in [1.165, 1.54) is 0 Å². The molecule has 0 aliphatic heterocycles.